The minimum absolute atomic E-state index is 0.0275. The van der Waals surface area contributed by atoms with E-state index in [-0.39, 0.29) is 11.9 Å². The Bertz CT molecular complexity index is 1330. The monoisotopic (exact) mass is 525 g/mol. The summed E-state index contributed by atoms with van der Waals surface area (Å²) in [6.07, 6.45) is 3.96. The molecule has 2 aliphatic rings. The Kier molecular flexibility index (Phi) is 8.32. The summed E-state index contributed by atoms with van der Waals surface area (Å²) in [6.45, 7) is 6.43. The molecule has 2 aliphatic heterocycles. The highest BCUT2D eigenvalue weighted by atomic mass is 16.5. The number of piperidine rings is 1. The molecule has 1 saturated heterocycles. The summed E-state index contributed by atoms with van der Waals surface area (Å²) in [5, 5.41) is 6.67. The molecule has 5 rings (SSSR count). The quantitative estimate of drug-likeness (QED) is 0.365. The Hall–Kier alpha value is -3.64. The van der Waals surface area contributed by atoms with E-state index in [2.05, 4.69) is 67.3 Å². The largest absolute Gasteiger partial charge is 0.497 e. The third-order valence-electron chi connectivity index (χ3n) is 8.10. The smallest absolute Gasteiger partial charge is 0.257 e. The number of amides is 1. The molecule has 1 unspecified atom stereocenters. The zero-order valence-corrected chi connectivity index (χ0v) is 23.5. The number of ether oxygens (including phenoxy) is 2. The van der Waals surface area contributed by atoms with Gasteiger partial charge in [-0.1, -0.05) is 48.0 Å². The number of benzene rings is 3. The van der Waals surface area contributed by atoms with Crippen LogP contribution in [0.1, 0.15) is 53.1 Å². The van der Waals surface area contributed by atoms with E-state index in [4.69, 9.17) is 14.6 Å². The van der Waals surface area contributed by atoms with Gasteiger partial charge in [0.25, 0.3) is 5.91 Å². The Morgan fingerprint density at radius 1 is 0.949 bits per heavy atom. The second-order valence-electron chi connectivity index (χ2n) is 10.8. The van der Waals surface area contributed by atoms with Crippen LogP contribution in [-0.2, 0) is 11.2 Å². The molecule has 1 fully saturated rings. The zero-order valence-electron chi connectivity index (χ0n) is 23.5. The normalized spacial score (nSPS) is 18.2. The average molecular weight is 526 g/mol. The number of methoxy groups -OCH3 is 2. The maximum Gasteiger partial charge on any atom is 0.257 e. The van der Waals surface area contributed by atoms with Gasteiger partial charge in [-0.2, -0.15) is 5.10 Å². The summed E-state index contributed by atoms with van der Waals surface area (Å²) in [6, 6.07) is 22.7. The summed E-state index contributed by atoms with van der Waals surface area (Å²) in [5.41, 5.74) is 6.72. The molecule has 0 aromatic heterocycles. The van der Waals surface area contributed by atoms with Crippen molar-refractivity contribution in [2.45, 2.75) is 45.6 Å². The molecule has 204 valence electrons. The first-order valence-electron chi connectivity index (χ1n) is 13.9. The van der Waals surface area contributed by atoms with E-state index in [1.165, 1.54) is 11.1 Å². The fraction of sp³-hybridized carbons (Fsp3) is 0.394. The Labute approximate surface area is 232 Å². The van der Waals surface area contributed by atoms with Gasteiger partial charge in [-0.15, -0.1) is 0 Å². The van der Waals surface area contributed by atoms with Gasteiger partial charge in [-0.3, -0.25) is 9.69 Å². The molecule has 0 radical (unpaired) electrons. The van der Waals surface area contributed by atoms with E-state index in [9.17, 15) is 4.79 Å². The molecule has 1 amide bonds. The van der Waals surface area contributed by atoms with Gasteiger partial charge in [0.1, 0.15) is 11.5 Å². The van der Waals surface area contributed by atoms with E-state index >= 15 is 0 Å². The third-order valence-corrected chi connectivity index (χ3v) is 8.10. The Balaban J connectivity index is 1.34. The highest BCUT2D eigenvalue weighted by Gasteiger charge is 2.36. The number of hydrogen-bond acceptors (Lipinski definition) is 5. The average Bonchev–Trinajstić information content (AvgIpc) is 3.41. The molecule has 0 spiro atoms. The number of likely N-dealkylation sites (tertiary alicyclic amines) is 1. The molecule has 0 N–H and O–H groups in total. The van der Waals surface area contributed by atoms with Crippen molar-refractivity contribution in [1.29, 1.82) is 0 Å². The third kappa shape index (κ3) is 6.17. The first kappa shape index (κ1) is 26.9. The van der Waals surface area contributed by atoms with Crippen LogP contribution in [0.2, 0.25) is 0 Å². The Morgan fingerprint density at radius 3 is 2.44 bits per heavy atom. The molecule has 0 aliphatic carbocycles. The van der Waals surface area contributed by atoms with Crippen molar-refractivity contribution in [2.75, 3.05) is 33.9 Å². The number of carbonyl (C=O) groups excluding carboxylic acids is 1. The van der Waals surface area contributed by atoms with E-state index in [0.29, 0.717) is 24.6 Å². The van der Waals surface area contributed by atoms with Crippen LogP contribution < -0.4 is 9.47 Å². The lowest BCUT2D eigenvalue weighted by atomic mass is 9.90. The van der Waals surface area contributed by atoms with Gasteiger partial charge in [0.05, 0.1) is 32.5 Å². The summed E-state index contributed by atoms with van der Waals surface area (Å²) in [4.78, 5) is 16.1. The number of hydrogen-bond donors (Lipinski definition) is 0. The highest BCUT2D eigenvalue weighted by Crippen LogP contribution is 2.39. The predicted molar refractivity (Wildman–Crippen MR) is 156 cm³/mol. The fourth-order valence-corrected chi connectivity index (χ4v) is 5.85. The standard InChI is InChI=1S/C33H39N3O3/c1-23-10-11-24(2)29(18-23)30-21-31(28-13-12-27(38-3)20-32(28)39-4)36(34-30)33(37)22-35-16-14-26(15-17-35)19-25-8-6-5-7-9-25/h5-13,18,20,26,31H,14-17,19,21-22H2,1-4H3. The lowest BCUT2D eigenvalue weighted by Gasteiger charge is -2.33. The van der Waals surface area contributed by atoms with E-state index < -0.39 is 0 Å². The summed E-state index contributed by atoms with van der Waals surface area (Å²) >= 11 is 0. The molecule has 0 saturated carbocycles. The van der Waals surface area contributed by atoms with Crippen molar-refractivity contribution in [1.82, 2.24) is 9.91 Å². The van der Waals surface area contributed by atoms with Gasteiger partial charge in [0, 0.05) is 23.6 Å². The number of nitrogens with zero attached hydrogens (tertiary/aromatic N) is 3. The molecule has 6 heteroatoms. The van der Waals surface area contributed by atoms with Crippen LogP contribution in [0.5, 0.6) is 11.5 Å². The molecular formula is C33H39N3O3. The summed E-state index contributed by atoms with van der Waals surface area (Å²) < 4.78 is 11.2. The predicted octanol–water partition coefficient (Wildman–Crippen LogP) is 5.95. The summed E-state index contributed by atoms with van der Waals surface area (Å²) in [7, 11) is 3.30. The van der Waals surface area contributed by atoms with Crippen molar-refractivity contribution in [3.63, 3.8) is 0 Å². The van der Waals surface area contributed by atoms with Gasteiger partial charge in [-0.05, 0) is 81.4 Å². The van der Waals surface area contributed by atoms with Gasteiger partial charge >= 0.3 is 0 Å². The number of carbonyl (C=O) groups is 1. The second-order valence-corrected chi connectivity index (χ2v) is 10.8. The van der Waals surface area contributed by atoms with Crippen molar-refractivity contribution < 1.29 is 14.3 Å². The number of aryl methyl sites for hydroxylation is 2. The second kappa shape index (κ2) is 12.0. The van der Waals surface area contributed by atoms with Crippen LogP contribution in [0, 0.1) is 19.8 Å². The molecule has 3 aromatic rings. The molecular weight excluding hydrogens is 486 g/mol. The lowest BCUT2D eigenvalue weighted by Crippen LogP contribution is -2.42. The molecule has 3 aromatic carbocycles. The first-order valence-corrected chi connectivity index (χ1v) is 13.9. The minimum atomic E-state index is -0.233. The van der Waals surface area contributed by atoms with Crippen LogP contribution in [0.3, 0.4) is 0 Å². The maximum absolute atomic E-state index is 13.8. The van der Waals surface area contributed by atoms with Gasteiger partial charge in [-0.25, -0.2) is 5.01 Å². The van der Waals surface area contributed by atoms with Crippen LogP contribution >= 0.6 is 0 Å². The molecule has 6 nitrogen and oxygen atoms in total. The topological polar surface area (TPSA) is 54.4 Å². The molecule has 1 atom stereocenters. The fourth-order valence-electron chi connectivity index (χ4n) is 5.85. The van der Waals surface area contributed by atoms with E-state index in [0.717, 1.165) is 60.5 Å². The first-order chi connectivity index (χ1) is 18.9. The molecule has 2 heterocycles. The van der Waals surface area contributed by atoms with Gasteiger partial charge in [0.15, 0.2) is 0 Å². The molecule has 0 bridgehead atoms. The maximum atomic E-state index is 13.8. The summed E-state index contributed by atoms with van der Waals surface area (Å²) in [5.74, 6) is 2.12. The lowest BCUT2D eigenvalue weighted by molar-refractivity contribution is -0.134. The van der Waals surface area contributed by atoms with Crippen molar-refractivity contribution >= 4 is 11.6 Å². The van der Waals surface area contributed by atoms with E-state index in [1.54, 1.807) is 19.2 Å². The van der Waals surface area contributed by atoms with Crippen molar-refractivity contribution in [3.05, 3.63) is 94.5 Å². The van der Waals surface area contributed by atoms with Crippen LogP contribution in [-0.4, -0.2) is 55.4 Å². The van der Waals surface area contributed by atoms with Crippen LogP contribution in [0.4, 0.5) is 0 Å². The molecule has 39 heavy (non-hydrogen) atoms. The minimum Gasteiger partial charge on any atom is -0.497 e. The number of hydrazone groups is 1. The van der Waals surface area contributed by atoms with E-state index in [1.807, 2.05) is 18.2 Å². The van der Waals surface area contributed by atoms with Gasteiger partial charge in [0.2, 0.25) is 0 Å². The zero-order chi connectivity index (χ0) is 27.4. The SMILES string of the molecule is COc1ccc(C2CC(c3cc(C)ccc3C)=NN2C(=O)CN2CCC(Cc3ccccc3)CC2)c(OC)c1. The highest BCUT2D eigenvalue weighted by molar-refractivity contribution is 6.04. The Morgan fingerprint density at radius 2 is 1.72 bits per heavy atom. The van der Waals surface area contributed by atoms with Gasteiger partial charge < -0.3 is 9.47 Å². The number of rotatable bonds is 8. The van der Waals surface area contributed by atoms with Crippen LogP contribution in [0.25, 0.3) is 0 Å². The van der Waals surface area contributed by atoms with Crippen molar-refractivity contribution in [3.8, 4) is 11.5 Å². The van der Waals surface area contributed by atoms with Crippen LogP contribution in [0.15, 0.2) is 71.8 Å². The van der Waals surface area contributed by atoms with Crippen molar-refractivity contribution in [2.24, 2.45) is 11.0 Å².